The molecule has 0 amide bonds. The Balaban J connectivity index is 2.22. The summed E-state index contributed by atoms with van der Waals surface area (Å²) in [7, 11) is 1.69. The van der Waals surface area contributed by atoms with Crippen LogP contribution in [0.5, 0.6) is 5.75 Å². The molecule has 0 aliphatic heterocycles. The van der Waals surface area contributed by atoms with Crippen molar-refractivity contribution in [3.05, 3.63) is 29.8 Å². The highest BCUT2D eigenvalue weighted by Crippen LogP contribution is 2.44. The van der Waals surface area contributed by atoms with Gasteiger partial charge in [-0.25, -0.2) is 0 Å². The van der Waals surface area contributed by atoms with Gasteiger partial charge in [-0.1, -0.05) is 25.1 Å². The lowest BCUT2D eigenvalue weighted by molar-refractivity contribution is 0.369. The van der Waals surface area contributed by atoms with Crippen LogP contribution in [0.25, 0.3) is 0 Å². The van der Waals surface area contributed by atoms with Gasteiger partial charge in [-0.3, -0.25) is 0 Å². The number of nitrogens with zero attached hydrogens (tertiary/aromatic N) is 1. The van der Waals surface area contributed by atoms with Crippen molar-refractivity contribution in [2.45, 2.75) is 32.6 Å². The number of hydrogen-bond acceptors (Lipinski definition) is 2. The highest BCUT2D eigenvalue weighted by atomic mass is 16.5. The third-order valence-electron chi connectivity index (χ3n) is 3.81. The van der Waals surface area contributed by atoms with E-state index in [-0.39, 0.29) is 5.41 Å². The van der Waals surface area contributed by atoms with Gasteiger partial charge in [0.15, 0.2) is 0 Å². The number of ether oxygens (including phenoxy) is 1. The standard InChI is InChI=1S/C15H19NO/c1-12-7-8-15(9-12,11-16)10-13-5-3-4-6-14(13)17-2/h3-6,12H,7-10H2,1-2H3. The van der Waals surface area contributed by atoms with Crippen molar-refractivity contribution < 1.29 is 4.74 Å². The summed E-state index contributed by atoms with van der Waals surface area (Å²) in [5.41, 5.74) is 0.985. The van der Waals surface area contributed by atoms with Gasteiger partial charge in [0.2, 0.25) is 0 Å². The van der Waals surface area contributed by atoms with Crippen LogP contribution in [0.4, 0.5) is 0 Å². The maximum Gasteiger partial charge on any atom is 0.122 e. The van der Waals surface area contributed by atoms with Crippen LogP contribution in [0.1, 0.15) is 31.7 Å². The lowest BCUT2D eigenvalue weighted by atomic mass is 9.80. The first-order chi connectivity index (χ1) is 8.19. The number of methoxy groups -OCH3 is 1. The van der Waals surface area contributed by atoms with Gasteiger partial charge in [0.05, 0.1) is 18.6 Å². The molecular formula is C15H19NO. The van der Waals surface area contributed by atoms with E-state index in [2.05, 4.69) is 19.1 Å². The normalized spacial score (nSPS) is 27.7. The first-order valence-electron chi connectivity index (χ1n) is 6.22. The Bertz CT molecular complexity index is 435. The molecule has 2 nitrogen and oxygen atoms in total. The van der Waals surface area contributed by atoms with Crippen molar-refractivity contribution in [1.82, 2.24) is 0 Å². The second-order valence-electron chi connectivity index (χ2n) is 5.23. The van der Waals surface area contributed by atoms with E-state index in [9.17, 15) is 5.26 Å². The van der Waals surface area contributed by atoms with Gasteiger partial charge in [0, 0.05) is 0 Å². The fourth-order valence-corrected chi connectivity index (χ4v) is 2.91. The van der Waals surface area contributed by atoms with Gasteiger partial charge in [-0.05, 0) is 43.2 Å². The minimum absolute atomic E-state index is 0.173. The molecule has 1 aliphatic carbocycles. The second kappa shape index (κ2) is 4.79. The van der Waals surface area contributed by atoms with E-state index in [1.807, 2.05) is 18.2 Å². The summed E-state index contributed by atoms with van der Waals surface area (Å²) in [6.07, 6.45) is 4.02. The van der Waals surface area contributed by atoms with Gasteiger partial charge >= 0.3 is 0 Å². The molecule has 2 unspecified atom stereocenters. The average Bonchev–Trinajstić information content (AvgIpc) is 2.72. The van der Waals surface area contributed by atoms with E-state index < -0.39 is 0 Å². The summed E-state index contributed by atoms with van der Waals surface area (Å²) in [6, 6.07) is 10.6. The topological polar surface area (TPSA) is 33.0 Å². The molecule has 0 radical (unpaired) electrons. The zero-order chi connectivity index (χ0) is 12.3. The number of nitriles is 1. The van der Waals surface area contributed by atoms with Gasteiger partial charge in [-0.15, -0.1) is 0 Å². The lowest BCUT2D eigenvalue weighted by Crippen LogP contribution is -2.18. The van der Waals surface area contributed by atoms with Crippen LogP contribution in [0.2, 0.25) is 0 Å². The zero-order valence-electron chi connectivity index (χ0n) is 10.6. The summed E-state index contributed by atoms with van der Waals surface area (Å²) in [5.74, 6) is 1.58. The second-order valence-corrected chi connectivity index (χ2v) is 5.23. The molecule has 1 saturated carbocycles. The van der Waals surface area contributed by atoms with Crippen LogP contribution < -0.4 is 4.74 Å². The SMILES string of the molecule is COc1ccccc1CC1(C#N)CCC(C)C1. The minimum atomic E-state index is -0.173. The third-order valence-corrected chi connectivity index (χ3v) is 3.81. The molecule has 1 aliphatic rings. The van der Waals surface area contributed by atoms with Crippen molar-refractivity contribution >= 4 is 0 Å². The molecule has 2 atom stereocenters. The fraction of sp³-hybridized carbons (Fsp3) is 0.533. The number of benzene rings is 1. The number of para-hydroxylation sites is 1. The maximum atomic E-state index is 9.47. The average molecular weight is 229 g/mol. The van der Waals surface area contributed by atoms with Crippen LogP contribution in [0.3, 0.4) is 0 Å². The van der Waals surface area contributed by atoms with Gasteiger partial charge in [0.25, 0.3) is 0 Å². The molecule has 0 spiro atoms. The van der Waals surface area contributed by atoms with Gasteiger partial charge < -0.3 is 4.74 Å². The Morgan fingerprint density at radius 3 is 2.82 bits per heavy atom. The molecule has 2 heteroatoms. The molecule has 0 bridgehead atoms. The van der Waals surface area contributed by atoms with Gasteiger partial charge in [-0.2, -0.15) is 5.26 Å². The largest absolute Gasteiger partial charge is 0.496 e. The number of hydrogen-bond donors (Lipinski definition) is 0. The Hall–Kier alpha value is -1.49. The Morgan fingerprint density at radius 2 is 2.24 bits per heavy atom. The van der Waals surface area contributed by atoms with Crippen LogP contribution in [-0.2, 0) is 6.42 Å². The van der Waals surface area contributed by atoms with E-state index in [1.54, 1.807) is 7.11 Å². The Labute approximate surface area is 103 Å². The summed E-state index contributed by atoms with van der Waals surface area (Å²) in [4.78, 5) is 0. The van der Waals surface area contributed by atoms with E-state index in [0.29, 0.717) is 5.92 Å². The Morgan fingerprint density at radius 1 is 1.47 bits per heavy atom. The molecule has 1 fully saturated rings. The first kappa shape index (κ1) is 12.0. The number of rotatable bonds is 3. The fourth-order valence-electron chi connectivity index (χ4n) is 2.91. The van der Waals surface area contributed by atoms with Crippen molar-refractivity contribution in [3.63, 3.8) is 0 Å². The van der Waals surface area contributed by atoms with E-state index in [1.165, 1.54) is 6.42 Å². The Kier molecular flexibility index (Phi) is 3.38. The molecule has 0 N–H and O–H groups in total. The maximum absolute atomic E-state index is 9.47. The first-order valence-corrected chi connectivity index (χ1v) is 6.22. The molecule has 0 aromatic heterocycles. The molecular weight excluding hydrogens is 210 g/mol. The van der Waals surface area contributed by atoms with Crippen LogP contribution >= 0.6 is 0 Å². The lowest BCUT2D eigenvalue weighted by Gasteiger charge is -2.21. The van der Waals surface area contributed by atoms with E-state index in [4.69, 9.17) is 4.74 Å². The summed E-state index contributed by atoms with van der Waals surface area (Å²) in [5, 5.41) is 9.47. The minimum Gasteiger partial charge on any atom is -0.496 e. The highest BCUT2D eigenvalue weighted by molar-refractivity contribution is 5.35. The van der Waals surface area contributed by atoms with Crippen molar-refractivity contribution in [3.8, 4) is 11.8 Å². The summed E-state index contributed by atoms with van der Waals surface area (Å²) >= 11 is 0. The zero-order valence-corrected chi connectivity index (χ0v) is 10.6. The van der Waals surface area contributed by atoms with Crippen LogP contribution in [0.15, 0.2) is 24.3 Å². The molecule has 1 aromatic rings. The molecule has 2 rings (SSSR count). The quantitative estimate of drug-likeness (QED) is 0.793. The van der Waals surface area contributed by atoms with Crippen molar-refractivity contribution in [2.75, 3.05) is 7.11 Å². The molecule has 0 heterocycles. The van der Waals surface area contributed by atoms with Gasteiger partial charge in [0.1, 0.15) is 5.75 Å². The highest BCUT2D eigenvalue weighted by Gasteiger charge is 2.38. The summed E-state index contributed by atoms with van der Waals surface area (Å²) in [6.45, 7) is 2.24. The van der Waals surface area contributed by atoms with Crippen molar-refractivity contribution in [2.24, 2.45) is 11.3 Å². The van der Waals surface area contributed by atoms with E-state index >= 15 is 0 Å². The van der Waals surface area contributed by atoms with Crippen molar-refractivity contribution in [1.29, 1.82) is 5.26 Å². The molecule has 90 valence electrons. The molecule has 0 saturated heterocycles. The van der Waals surface area contributed by atoms with E-state index in [0.717, 1.165) is 30.6 Å². The monoisotopic (exact) mass is 229 g/mol. The molecule has 1 aromatic carbocycles. The predicted octanol–water partition coefficient (Wildman–Crippen LogP) is 3.57. The summed E-state index contributed by atoms with van der Waals surface area (Å²) < 4.78 is 5.36. The smallest absolute Gasteiger partial charge is 0.122 e. The van der Waals surface area contributed by atoms with Crippen LogP contribution in [0, 0.1) is 22.7 Å². The third kappa shape index (κ3) is 2.44. The predicted molar refractivity (Wildman–Crippen MR) is 67.8 cm³/mol. The molecule has 17 heavy (non-hydrogen) atoms. The van der Waals surface area contributed by atoms with Crippen LogP contribution in [-0.4, -0.2) is 7.11 Å².